The van der Waals surface area contributed by atoms with Crippen molar-refractivity contribution in [3.05, 3.63) is 53.6 Å². The van der Waals surface area contributed by atoms with E-state index in [1.54, 1.807) is 24.5 Å². The zero-order chi connectivity index (χ0) is 16.2. The summed E-state index contributed by atoms with van der Waals surface area (Å²) in [4.78, 5) is 10.5. The number of nitrogens with zero attached hydrogens (tertiary/aromatic N) is 3. The first-order valence-corrected chi connectivity index (χ1v) is 8.36. The van der Waals surface area contributed by atoms with Crippen molar-refractivity contribution >= 4 is 10.0 Å². The van der Waals surface area contributed by atoms with Crippen LogP contribution < -0.4 is 4.72 Å². The molecule has 0 bridgehead atoms. The van der Waals surface area contributed by atoms with Crippen LogP contribution in [0.3, 0.4) is 0 Å². The van der Waals surface area contributed by atoms with Crippen LogP contribution in [0.15, 0.2) is 41.6 Å². The van der Waals surface area contributed by atoms with Gasteiger partial charge in [-0.1, -0.05) is 12.1 Å². The topological polar surface area (TPSA) is 75.2 Å². The molecule has 1 heterocycles. The fraction of sp³-hybridized carbons (Fsp3) is 0.333. The van der Waals surface area contributed by atoms with E-state index in [4.69, 9.17) is 0 Å². The van der Waals surface area contributed by atoms with Crippen LogP contribution in [-0.2, 0) is 23.1 Å². The van der Waals surface area contributed by atoms with Crippen molar-refractivity contribution in [2.24, 2.45) is 0 Å². The second-order valence-corrected chi connectivity index (χ2v) is 7.12. The van der Waals surface area contributed by atoms with Crippen molar-refractivity contribution in [2.75, 3.05) is 14.1 Å². The van der Waals surface area contributed by atoms with Gasteiger partial charge in [-0.25, -0.2) is 13.1 Å². The van der Waals surface area contributed by atoms with Crippen molar-refractivity contribution in [3.63, 3.8) is 0 Å². The molecule has 0 aliphatic carbocycles. The summed E-state index contributed by atoms with van der Waals surface area (Å²) in [5.41, 5.74) is 2.44. The Morgan fingerprint density at radius 2 is 1.77 bits per heavy atom. The summed E-state index contributed by atoms with van der Waals surface area (Å²) < 4.78 is 27.0. The largest absolute Gasteiger partial charge is 0.305 e. The van der Waals surface area contributed by atoms with Crippen LogP contribution >= 0.6 is 0 Å². The Morgan fingerprint density at radius 1 is 1.09 bits per heavy atom. The number of aryl methyl sites for hydroxylation is 1. The first kappa shape index (κ1) is 16.5. The lowest BCUT2D eigenvalue weighted by molar-refractivity contribution is 0.402. The monoisotopic (exact) mass is 320 g/mol. The highest BCUT2D eigenvalue weighted by Gasteiger charge is 2.14. The van der Waals surface area contributed by atoms with E-state index >= 15 is 0 Å². The lowest BCUT2D eigenvalue weighted by atomic mass is 10.2. The molecule has 1 aromatic carbocycles. The smallest absolute Gasteiger partial charge is 0.240 e. The summed E-state index contributed by atoms with van der Waals surface area (Å²) in [5, 5.41) is 0. The van der Waals surface area contributed by atoms with Gasteiger partial charge in [0.05, 0.1) is 29.0 Å². The highest BCUT2D eigenvalue weighted by atomic mass is 32.2. The van der Waals surface area contributed by atoms with Crippen LogP contribution in [0.25, 0.3) is 0 Å². The Labute approximate surface area is 131 Å². The lowest BCUT2D eigenvalue weighted by Crippen LogP contribution is -2.24. The Morgan fingerprint density at radius 3 is 2.32 bits per heavy atom. The maximum absolute atomic E-state index is 12.2. The van der Waals surface area contributed by atoms with E-state index in [0.29, 0.717) is 5.69 Å². The summed E-state index contributed by atoms with van der Waals surface area (Å²) in [6, 6.07) is 6.87. The van der Waals surface area contributed by atoms with Crippen LogP contribution in [0.5, 0.6) is 0 Å². The normalized spacial score (nSPS) is 11.8. The maximum Gasteiger partial charge on any atom is 0.240 e. The molecule has 22 heavy (non-hydrogen) atoms. The van der Waals surface area contributed by atoms with E-state index < -0.39 is 10.0 Å². The third-order valence-corrected chi connectivity index (χ3v) is 4.43. The average molecular weight is 320 g/mol. The van der Waals surface area contributed by atoms with Crippen molar-refractivity contribution in [2.45, 2.75) is 24.9 Å². The Kier molecular flexibility index (Phi) is 5.23. The Hall–Kier alpha value is -1.83. The van der Waals surface area contributed by atoms with Gasteiger partial charge in [0.25, 0.3) is 0 Å². The van der Waals surface area contributed by atoms with E-state index in [9.17, 15) is 8.42 Å². The van der Waals surface area contributed by atoms with Gasteiger partial charge in [-0.3, -0.25) is 9.97 Å². The van der Waals surface area contributed by atoms with E-state index in [1.165, 1.54) is 0 Å². The first-order chi connectivity index (χ1) is 10.4. The fourth-order valence-electron chi connectivity index (χ4n) is 1.90. The Balaban J connectivity index is 2.04. The number of hydrogen-bond acceptors (Lipinski definition) is 5. The number of aromatic nitrogens is 2. The summed E-state index contributed by atoms with van der Waals surface area (Å²) in [6.07, 6.45) is 3.18. The zero-order valence-corrected chi connectivity index (χ0v) is 13.8. The van der Waals surface area contributed by atoms with Gasteiger partial charge in [0.15, 0.2) is 0 Å². The molecule has 0 amide bonds. The van der Waals surface area contributed by atoms with E-state index in [-0.39, 0.29) is 11.4 Å². The predicted molar refractivity (Wildman–Crippen MR) is 84.6 cm³/mol. The molecule has 2 rings (SSSR count). The third-order valence-electron chi connectivity index (χ3n) is 3.01. The quantitative estimate of drug-likeness (QED) is 0.869. The summed E-state index contributed by atoms with van der Waals surface area (Å²) in [7, 11) is 0.389. The van der Waals surface area contributed by atoms with Crippen LogP contribution in [0.4, 0.5) is 0 Å². The van der Waals surface area contributed by atoms with Gasteiger partial charge < -0.3 is 4.90 Å². The summed E-state index contributed by atoms with van der Waals surface area (Å²) >= 11 is 0. The molecule has 0 saturated heterocycles. The van der Waals surface area contributed by atoms with Gasteiger partial charge in [0.1, 0.15) is 0 Å². The molecular weight excluding hydrogens is 300 g/mol. The molecule has 0 fully saturated rings. The predicted octanol–water partition coefficient (Wildman–Crippen LogP) is 1.33. The van der Waals surface area contributed by atoms with Crippen molar-refractivity contribution in [3.8, 4) is 0 Å². The van der Waals surface area contributed by atoms with Crippen LogP contribution in [0.2, 0.25) is 0 Å². The second-order valence-electron chi connectivity index (χ2n) is 5.36. The van der Waals surface area contributed by atoms with Crippen LogP contribution in [-0.4, -0.2) is 37.4 Å². The van der Waals surface area contributed by atoms with Crippen molar-refractivity contribution in [1.29, 1.82) is 0 Å². The van der Waals surface area contributed by atoms with E-state index in [1.807, 2.05) is 38.1 Å². The molecule has 0 aliphatic rings. The van der Waals surface area contributed by atoms with Gasteiger partial charge in [0, 0.05) is 12.7 Å². The van der Waals surface area contributed by atoms with Crippen LogP contribution in [0, 0.1) is 6.92 Å². The van der Waals surface area contributed by atoms with Gasteiger partial charge in [-0.2, -0.15) is 0 Å². The van der Waals surface area contributed by atoms with Gasteiger partial charge in [-0.05, 0) is 38.7 Å². The molecule has 118 valence electrons. The molecule has 1 N–H and O–H groups in total. The lowest BCUT2D eigenvalue weighted by Gasteiger charge is -2.10. The molecule has 0 spiro atoms. The number of benzene rings is 1. The van der Waals surface area contributed by atoms with Gasteiger partial charge in [0.2, 0.25) is 10.0 Å². The van der Waals surface area contributed by atoms with Crippen LogP contribution in [0.1, 0.15) is 17.0 Å². The minimum Gasteiger partial charge on any atom is -0.305 e. The van der Waals surface area contributed by atoms with Gasteiger partial charge >= 0.3 is 0 Å². The molecule has 0 aliphatic heterocycles. The molecule has 0 atom stereocenters. The standard InChI is InChI=1S/C15H20N4O2S/c1-12-8-17-14(9-16-12)10-18-22(20,21)15-6-4-13(5-7-15)11-19(2)3/h4-9,18H,10-11H2,1-3H3. The molecule has 0 unspecified atom stereocenters. The second kappa shape index (κ2) is 6.95. The molecule has 1 aromatic heterocycles. The van der Waals surface area contributed by atoms with Gasteiger partial charge in [-0.15, -0.1) is 0 Å². The first-order valence-electron chi connectivity index (χ1n) is 6.88. The highest BCUT2D eigenvalue weighted by Crippen LogP contribution is 2.12. The molecular formula is C15H20N4O2S. The minimum absolute atomic E-state index is 0.120. The van der Waals surface area contributed by atoms with E-state index in [0.717, 1.165) is 17.8 Å². The number of nitrogens with one attached hydrogen (secondary N) is 1. The number of rotatable bonds is 6. The Bertz CT molecular complexity index is 710. The SMILES string of the molecule is Cc1cnc(CNS(=O)(=O)c2ccc(CN(C)C)cc2)cn1. The molecule has 7 heteroatoms. The zero-order valence-electron chi connectivity index (χ0n) is 12.9. The maximum atomic E-state index is 12.2. The summed E-state index contributed by atoms with van der Waals surface area (Å²) in [6.45, 7) is 2.72. The van der Waals surface area contributed by atoms with Crippen molar-refractivity contribution < 1.29 is 8.42 Å². The molecule has 6 nitrogen and oxygen atoms in total. The minimum atomic E-state index is -3.55. The molecule has 0 radical (unpaired) electrons. The van der Waals surface area contributed by atoms with Crippen molar-refractivity contribution in [1.82, 2.24) is 19.6 Å². The number of sulfonamides is 1. The molecule has 0 saturated carbocycles. The fourth-order valence-corrected chi connectivity index (χ4v) is 2.90. The summed E-state index contributed by atoms with van der Waals surface area (Å²) in [5.74, 6) is 0. The number of hydrogen-bond donors (Lipinski definition) is 1. The van der Waals surface area contributed by atoms with E-state index in [2.05, 4.69) is 14.7 Å². The molecule has 2 aromatic rings. The third kappa shape index (κ3) is 4.59. The highest BCUT2D eigenvalue weighted by molar-refractivity contribution is 7.89. The average Bonchev–Trinajstić information content (AvgIpc) is 2.47.